The second kappa shape index (κ2) is 7.79. The molecule has 0 spiro atoms. The Morgan fingerprint density at radius 2 is 2.09 bits per heavy atom. The molecule has 2 N–H and O–H groups in total. The third kappa shape index (κ3) is 4.45. The molecule has 22 heavy (non-hydrogen) atoms. The molecule has 0 unspecified atom stereocenters. The number of nitrogens with one attached hydrogen (secondary N) is 2. The Labute approximate surface area is 131 Å². The predicted molar refractivity (Wildman–Crippen MR) is 85.9 cm³/mol. The first-order chi connectivity index (χ1) is 10.6. The maximum Gasteiger partial charge on any atom is 0.191 e. The zero-order valence-electron chi connectivity index (χ0n) is 13.2. The first-order valence-corrected chi connectivity index (χ1v) is 7.78. The Bertz CT molecular complexity index is 569. The van der Waals surface area contributed by atoms with Crippen LogP contribution in [-0.4, -0.2) is 19.0 Å². The molecule has 0 heterocycles. The summed E-state index contributed by atoms with van der Waals surface area (Å²) in [6, 6.07) is 6.83. The minimum absolute atomic E-state index is 0.310. The number of aliphatic imine (C=N–C) groups is 1. The molecule has 0 atom stereocenters. The molecule has 2 rings (SSSR count). The van der Waals surface area contributed by atoms with E-state index in [9.17, 15) is 4.39 Å². The number of hydrogen-bond acceptors (Lipinski definition) is 2. The lowest BCUT2D eigenvalue weighted by Crippen LogP contribution is -2.44. The van der Waals surface area contributed by atoms with E-state index in [1.54, 1.807) is 13.1 Å². The zero-order chi connectivity index (χ0) is 15.9. The van der Waals surface area contributed by atoms with Crippen LogP contribution in [0.5, 0.6) is 0 Å². The fraction of sp³-hybridized carbons (Fsp3) is 0.529. The fourth-order valence-corrected chi connectivity index (χ4v) is 2.75. The van der Waals surface area contributed by atoms with Gasteiger partial charge in [0.2, 0.25) is 0 Å². The molecule has 5 heteroatoms. The highest BCUT2D eigenvalue weighted by atomic mass is 19.1. The second-order valence-electron chi connectivity index (χ2n) is 5.94. The van der Waals surface area contributed by atoms with Gasteiger partial charge in [-0.25, -0.2) is 4.39 Å². The monoisotopic (exact) mass is 302 g/mol. The molecule has 1 saturated carbocycles. The van der Waals surface area contributed by atoms with E-state index in [2.05, 4.69) is 22.5 Å². The van der Waals surface area contributed by atoms with Crippen molar-refractivity contribution in [1.82, 2.24) is 10.6 Å². The van der Waals surface area contributed by atoms with Gasteiger partial charge in [-0.1, -0.05) is 6.92 Å². The van der Waals surface area contributed by atoms with Gasteiger partial charge >= 0.3 is 0 Å². The number of rotatable bonds is 3. The highest BCUT2D eigenvalue weighted by Crippen LogP contribution is 2.23. The van der Waals surface area contributed by atoms with Gasteiger partial charge in [-0.3, -0.25) is 4.99 Å². The van der Waals surface area contributed by atoms with Gasteiger partial charge in [0, 0.05) is 25.2 Å². The smallest absolute Gasteiger partial charge is 0.191 e. The average molecular weight is 302 g/mol. The Kier molecular flexibility index (Phi) is 5.76. The molecule has 0 radical (unpaired) electrons. The molecule has 0 bridgehead atoms. The molecular formula is C17H23FN4. The highest BCUT2D eigenvalue weighted by molar-refractivity contribution is 5.79. The number of nitriles is 1. The predicted octanol–water partition coefficient (Wildman–Crippen LogP) is 2.94. The van der Waals surface area contributed by atoms with Crippen molar-refractivity contribution in [3.8, 4) is 6.07 Å². The van der Waals surface area contributed by atoms with Crippen LogP contribution in [0.1, 0.15) is 43.7 Å². The van der Waals surface area contributed by atoms with Gasteiger partial charge in [-0.2, -0.15) is 5.26 Å². The molecule has 0 saturated heterocycles. The first-order valence-electron chi connectivity index (χ1n) is 7.78. The number of guanidine groups is 1. The van der Waals surface area contributed by atoms with E-state index in [1.165, 1.54) is 25.0 Å². The molecule has 1 fully saturated rings. The Hall–Kier alpha value is -2.09. The summed E-state index contributed by atoms with van der Waals surface area (Å²) in [4.78, 5) is 4.20. The van der Waals surface area contributed by atoms with E-state index >= 15 is 0 Å². The molecule has 1 aromatic carbocycles. The number of nitrogens with zero attached hydrogens (tertiary/aromatic N) is 2. The summed E-state index contributed by atoms with van der Waals surface area (Å²) < 4.78 is 13.8. The Morgan fingerprint density at radius 3 is 2.73 bits per heavy atom. The van der Waals surface area contributed by atoms with Crippen molar-refractivity contribution in [2.24, 2.45) is 10.9 Å². The molecule has 0 aromatic heterocycles. The van der Waals surface area contributed by atoms with Crippen molar-refractivity contribution in [2.45, 2.75) is 45.2 Å². The van der Waals surface area contributed by atoms with Gasteiger partial charge in [-0.05, 0) is 49.8 Å². The van der Waals surface area contributed by atoms with Gasteiger partial charge in [-0.15, -0.1) is 0 Å². The standard InChI is InChI=1S/C17H23FN4/c1-12-3-6-15(7-4-12)22-17(20-2)21-11-14-9-13(10-19)5-8-16(14)18/h5,8-9,12,15H,3-4,6-7,11H2,1-2H3,(H2,20,21,22). The maximum atomic E-state index is 13.8. The summed E-state index contributed by atoms with van der Waals surface area (Å²) in [5.41, 5.74) is 0.932. The van der Waals surface area contributed by atoms with E-state index in [1.807, 2.05) is 6.07 Å². The third-order valence-electron chi connectivity index (χ3n) is 4.20. The van der Waals surface area contributed by atoms with Crippen LogP contribution in [0, 0.1) is 23.1 Å². The summed E-state index contributed by atoms with van der Waals surface area (Å²) in [7, 11) is 1.71. The van der Waals surface area contributed by atoms with Gasteiger partial charge < -0.3 is 10.6 Å². The molecule has 0 amide bonds. The van der Waals surface area contributed by atoms with Crippen molar-refractivity contribution in [3.63, 3.8) is 0 Å². The summed E-state index contributed by atoms with van der Waals surface area (Å²) in [5, 5.41) is 15.4. The Balaban J connectivity index is 1.90. The van der Waals surface area contributed by atoms with Crippen LogP contribution in [0.3, 0.4) is 0 Å². The van der Waals surface area contributed by atoms with E-state index in [0.717, 1.165) is 18.8 Å². The lowest BCUT2D eigenvalue weighted by molar-refractivity contribution is 0.329. The normalized spacial score (nSPS) is 22.0. The van der Waals surface area contributed by atoms with Crippen LogP contribution in [0.2, 0.25) is 0 Å². The third-order valence-corrected chi connectivity index (χ3v) is 4.20. The van der Waals surface area contributed by atoms with Crippen molar-refractivity contribution < 1.29 is 4.39 Å². The van der Waals surface area contributed by atoms with Crippen LogP contribution in [0.25, 0.3) is 0 Å². The minimum Gasteiger partial charge on any atom is -0.354 e. The topological polar surface area (TPSA) is 60.2 Å². The average Bonchev–Trinajstić information content (AvgIpc) is 2.54. The largest absolute Gasteiger partial charge is 0.354 e. The van der Waals surface area contributed by atoms with Crippen molar-refractivity contribution in [3.05, 3.63) is 35.1 Å². The van der Waals surface area contributed by atoms with Crippen LogP contribution < -0.4 is 10.6 Å². The van der Waals surface area contributed by atoms with Gasteiger partial charge in [0.1, 0.15) is 5.82 Å². The molecule has 0 aliphatic heterocycles. The first kappa shape index (κ1) is 16.3. The van der Waals surface area contributed by atoms with Crippen molar-refractivity contribution >= 4 is 5.96 Å². The molecular weight excluding hydrogens is 279 g/mol. The van der Waals surface area contributed by atoms with Crippen molar-refractivity contribution in [1.29, 1.82) is 5.26 Å². The van der Waals surface area contributed by atoms with E-state index in [0.29, 0.717) is 29.7 Å². The second-order valence-corrected chi connectivity index (χ2v) is 5.94. The summed E-state index contributed by atoms with van der Waals surface area (Å²) >= 11 is 0. The van der Waals surface area contributed by atoms with Crippen LogP contribution in [-0.2, 0) is 6.54 Å². The quantitative estimate of drug-likeness (QED) is 0.666. The number of benzene rings is 1. The van der Waals surface area contributed by atoms with E-state index in [4.69, 9.17) is 5.26 Å². The highest BCUT2D eigenvalue weighted by Gasteiger charge is 2.18. The van der Waals surface area contributed by atoms with E-state index < -0.39 is 0 Å². The Morgan fingerprint density at radius 1 is 1.36 bits per heavy atom. The SMILES string of the molecule is CN=C(NCc1cc(C#N)ccc1F)NC1CCC(C)CC1. The lowest BCUT2D eigenvalue weighted by atomic mass is 9.87. The lowest BCUT2D eigenvalue weighted by Gasteiger charge is -2.28. The molecule has 4 nitrogen and oxygen atoms in total. The molecule has 1 aliphatic carbocycles. The molecule has 1 aliphatic rings. The minimum atomic E-state index is -0.312. The summed E-state index contributed by atoms with van der Waals surface area (Å²) in [6.45, 7) is 2.60. The van der Waals surface area contributed by atoms with Gasteiger partial charge in [0.05, 0.1) is 11.6 Å². The zero-order valence-corrected chi connectivity index (χ0v) is 13.2. The molecule has 118 valence electrons. The van der Waals surface area contributed by atoms with E-state index in [-0.39, 0.29) is 5.82 Å². The van der Waals surface area contributed by atoms with Gasteiger partial charge in [0.15, 0.2) is 5.96 Å². The number of halogens is 1. The van der Waals surface area contributed by atoms with Crippen LogP contribution in [0.15, 0.2) is 23.2 Å². The number of hydrogen-bond donors (Lipinski definition) is 2. The fourth-order valence-electron chi connectivity index (χ4n) is 2.75. The molecule has 1 aromatic rings. The van der Waals surface area contributed by atoms with Crippen LogP contribution in [0.4, 0.5) is 4.39 Å². The van der Waals surface area contributed by atoms with Gasteiger partial charge in [0.25, 0.3) is 0 Å². The summed E-state index contributed by atoms with van der Waals surface area (Å²) in [5.74, 6) is 1.17. The van der Waals surface area contributed by atoms with Crippen LogP contribution >= 0.6 is 0 Å². The van der Waals surface area contributed by atoms with Crippen molar-refractivity contribution in [2.75, 3.05) is 7.05 Å². The summed E-state index contributed by atoms with van der Waals surface area (Å²) in [6.07, 6.45) is 4.74. The maximum absolute atomic E-state index is 13.8.